The monoisotopic (exact) mass is 311 g/mol. The molecule has 0 aliphatic carbocycles. The largest absolute Gasteiger partial charge is 0.493 e. The average molecular weight is 311 g/mol. The second-order valence-corrected chi connectivity index (χ2v) is 4.93. The summed E-state index contributed by atoms with van der Waals surface area (Å²) in [7, 11) is 0. The van der Waals surface area contributed by atoms with Crippen molar-refractivity contribution in [1.82, 2.24) is 0 Å². The Morgan fingerprint density at radius 1 is 1.26 bits per heavy atom. The number of nitro benzene ring substituents is 1. The number of ketones is 1. The summed E-state index contributed by atoms with van der Waals surface area (Å²) in [6, 6.07) is 11.8. The third-order valence-corrected chi connectivity index (χ3v) is 3.32. The number of benzene rings is 2. The number of carbonyl (C=O) groups excluding carboxylic acids is 1. The number of carbonyl (C=O) groups is 1. The summed E-state index contributed by atoms with van der Waals surface area (Å²) in [5, 5.41) is 11.0. The van der Waals surface area contributed by atoms with Crippen molar-refractivity contribution < 1.29 is 14.5 Å². The fourth-order valence-corrected chi connectivity index (χ4v) is 2.13. The SMILES string of the molecule is CCOc1ccccc1C=CC(=O)c1ccc(C)c([N+](=O)[O-])c1. The fourth-order valence-electron chi connectivity index (χ4n) is 2.13. The fraction of sp³-hybridized carbons (Fsp3) is 0.167. The van der Waals surface area contributed by atoms with Crippen molar-refractivity contribution in [3.63, 3.8) is 0 Å². The lowest BCUT2D eigenvalue weighted by molar-refractivity contribution is -0.385. The highest BCUT2D eigenvalue weighted by Crippen LogP contribution is 2.22. The van der Waals surface area contributed by atoms with E-state index in [2.05, 4.69) is 0 Å². The molecule has 2 aromatic carbocycles. The Labute approximate surface area is 134 Å². The van der Waals surface area contributed by atoms with Crippen LogP contribution < -0.4 is 4.74 Å². The molecule has 0 amide bonds. The van der Waals surface area contributed by atoms with E-state index in [0.29, 0.717) is 17.9 Å². The highest BCUT2D eigenvalue weighted by atomic mass is 16.6. The number of allylic oxidation sites excluding steroid dienone is 1. The van der Waals surface area contributed by atoms with Crippen molar-refractivity contribution in [2.75, 3.05) is 6.61 Å². The predicted molar refractivity (Wildman–Crippen MR) is 88.8 cm³/mol. The second-order valence-electron chi connectivity index (χ2n) is 4.93. The second kappa shape index (κ2) is 7.35. The molecule has 0 bridgehead atoms. The van der Waals surface area contributed by atoms with Crippen molar-refractivity contribution in [2.45, 2.75) is 13.8 Å². The van der Waals surface area contributed by atoms with E-state index >= 15 is 0 Å². The molecule has 0 heterocycles. The van der Waals surface area contributed by atoms with Gasteiger partial charge in [-0.15, -0.1) is 0 Å². The normalized spacial score (nSPS) is 10.7. The van der Waals surface area contributed by atoms with Crippen LogP contribution in [0.25, 0.3) is 6.08 Å². The van der Waals surface area contributed by atoms with Gasteiger partial charge in [0.1, 0.15) is 5.75 Å². The lowest BCUT2D eigenvalue weighted by atomic mass is 10.1. The molecule has 23 heavy (non-hydrogen) atoms. The third-order valence-electron chi connectivity index (χ3n) is 3.32. The van der Waals surface area contributed by atoms with Crippen molar-refractivity contribution in [2.24, 2.45) is 0 Å². The van der Waals surface area contributed by atoms with Crippen LogP contribution in [0.2, 0.25) is 0 Å². The Morgan fingerprint density at radius 2 is 2.00 bits per heavy atom. The first-order valence-corrected chi connectivity index (χ1v) is 7.22. The molecule has 0 aromatic heterocycles. The summed E-state index contributed by atoms with van der Waals surface area (Å²) in [5.74, 6) is 0.397. The maximum Gasteiger partial charge on any atom is 0.273 e. The molecular weight excluding hydrogens is 294 g/mol. The minimum Gasteiger partial charge on any atom is -0.493 e. The minimum absolute atomic E-state index is 0.0565. The molecule has 0 aliphatic rings. The van der Waals surface area contributed by atoms with Crippen LogP contribution in [-0.4, -0.2) is 17.3 Å². The number of aryl methyl sites for hydroxylation is 1. The number of ether oxygens (including phenoxy) is 1. The summed E-state index contributed by atoms with van der Waals surface area (Å²) in [5.41, 5.74) is 1.54. The van der Waals surface area contributed by atoms with Gasteiger partial charge < -0.3 is 4.74 Å². The van der Waals surface area contributed by atoms with E-state index in [-0.39, 0.29) is 17.0 Å². The van der Waals surface area contributed by atoms with Gasteiger partial charge in [0, 0.05) is 22.8 Å². The van der Waals surface area contributed by atoms with Crippen LogP contribution in [0.4, 0.5) is 5.69 Å². The van der Waals surface area contributed by atoms with E-state index < -0.39 is 4.92 Å². The van der Waals surface area contributed by atoms with Gasteiger partial charge in [-0.05, 0) is 32.1 Å². The summed E-state index contributed by atoms with van der Waals surface area (Å²) in [6.07, 6.45) is 3.05. The van der Waals surface area contributed by atoms with Crippen LogP contribution in [0.1, 0.15) is 28.4 Å². The Balaban J connectivity index is 2.26. The van der Waals surface area contributed by atoms with E-state index in [9.17, 15) is 14.9 Å². The Bertz CT molecular complexity index is 765. The van der Waals surface area contributed by atoms with E-state index in [0.717, 1.165) is 5.56 Å². The molecule has 5 nitrogen and oxygen atoms in total. The molecule has 2 rings (SSSR count). The molecule has 0 saturated heterocycles. The average Bonchev–Trinajstić information content (AvgIpc) is 2.54. The molecule has 0 unspecified atom stereocenters. The highest BCUT2D eigenvalue weighted by molar-refractivity contribution is 6.07. The minimum atomic E-state index is -0.486. The van der Waals surface area contributed by atoms with E-state index in [1.807, 2.05) is 31.2 Å². The van der Waals surface area contributed by atoms with Gasteiger partial charge in [0.25, 0.3) is 5.69 Å². The molecule has 0 radical (unpaired) electrons. The van der Waals surface area contributed by atoms with Crippen LogP contribution in [0.15, 0.2) is 48.5 Å². The zero-order valence-corrected chi connectivity index (χ0v) is 13.0. The Hall–Kier alpha value is -2.95. The summed E-state index contributed by atoms with van der Waals surface area (Å²) >= 11 is 0. The number of nitrogens with zero attached hydrogens (tertiary/aromatic N) is 1. The van der Waals surface area contributed by atoms with Crippen LogP contribution in [0, 0.1) is 17.0 Å². The molecule has 2 aromatic rings. The number of para-hydroxylation sites is 1. The van der Waals surface area contributed by atoms with Crippen molar-refractivity contribution in [1.29, 1.82) is 0 Å². The Kier molecular flexibility index (Phi) is 5.25. The maximum atomic E-state index is 12.2. The first-order valence-electron chi connectivity index (χ1n) is 7.22. The lowest BCUT2D eigenvalue weighted by Gasteiger charge is -2.06. The number of hydrogen-bond acceptors (Lipinski definition) is 4. The first kappa shape index (κ1) is 16.4. The number of hydrogen-bond donors (Lipinski definition) is 0. The molecule has 118 valence electrons. The summed E-state index contributed by atoms with van der Waals surface area (Å²) in [4.78, 5) is 22.7. The third kappa shape index (κ3) is 4.03. The van der Waals surface area contributed by atoms with Gasteiger partial charge >= 0.3 is 0 Å². The van der Waals surface area contributed by atoms with Gasteiger partial charge in [-0.1, -0.05) is 30.3 Å². The van der Waals surface area contributed by atoms with Gasteiger partial charge in [-0.3, -0.25) is 14.9 Å². The zero-order valence-electron chi connectivity index (χ0n) is 13.0. The van der Waals surface area contributed by atoms with Crippen molar-refractivity contribution in [3.8, 4) is 5.75 Å². The molecular formula is C18H17NO4. The number of nitro groups is 1. The Morgan fingerprint density at radius 3 is 2.70 bits per heavy atom. The first-order chi connectivity index (χ1) is 11.0. The van der Waals surface area contributed by atoms with Gasteiger partial charge in [-0.25, -0.2) is 0 Å². The van der Waals surface area contributed by atoms with Crippen molar-refractivity contribution >= 4 is 17.5 Å². The van der Waals surface area contributed by atoms with Gasteiger partial charge in [0.15, 0.2) is 5.78 Å². The van der Waals surface area contributed by atoms with Crippen LogP contribution in [0.5, 0.6) is 5.75 Å². The van der Waals surface area contributed by atoms with Gasteiger partial charge in [0.05, 0.1) is 11.5 Å². The molecule has 0 N–H and O–H groups in total. The summed E-state index contributed by atoms with van der Waals surface area (Å²) < 4.78 is 5.49. The van der Waals surface area contributed by atoms with Gasteiger partial charge in [-0.2, -0.15) is 0 Å². The quantitative estimate of drug-likeness (QED) is 0.347. The maximum absolute atomic E-state index is 12.2. The predicted octanol–water partition coefficient (Wildman–Crippen LogP) is 4.20. The van der Waals surface area contributed by atoms with Crippen LogP contribution in [-0.2, 0) is 0 Å². The van der Waals surface area contributed by atoms with Crippen LogP contribution in [0.3, 0.4) is 0 Å². The molecule has 0 saturated carbocycles. The molecule has 0 fully saturated rings. The molecule has 0 atom stereocenters. The standard InChI is InChI=1S/C18H17NO4/c1-3-23-18-7-5-4-6-14(18)10-11-17(20)15-9-8-13(2)16(12-15)19(21)22/h4-12H,3H2,1-2H3. The summed E-state index contributed by atoms with van der Waals surface area (Å²) in [6.45, 7) is 4.06. The van der Waals surface area contributed by atoms with Gasteiger partial charge in [0.2, 0.25) is 0 Å². The topological polar surface area (TPSA) is 69.4 Å². The molecule has 5 heteroatoms. The highest BCUT2D eigenvalue weighted by Gasteiger charge is 2.13. The zero-order chi connectivity index (χ0) is 16.8. The number of rotatable bonds is 6. The molecule has 0 spiro atoms. The molecule has 0 aliphatic heterocycles. The van der Waals surface area contributed by atoms with E-state index in [1.165, 1.54) is 12.1 Å². The van der Waals surface area contributed by atoms with E-state index in [1.54, 1.807) is 25.1 Å². The lowest BCUT2D eigenvalue weighted by Crippen LogP contribution is -1.99. The smallest absolute Gasteiger partial charge is 0.273 e. The van der Waals surface area contributed by atoms with Crippen LogP contribution >= 0.6 is 0 Å². The van der Waals surface area contributed by atoms with Crippen molar-refractivity contribution in [3.05, 3.63) is 75.3 Å². The van der Waals surface area contributed by atoms with E-state index in [4.69, 9.17) is 4.74 Å².